The Morgan fingerprint density at radius 2 is 1.56 bits per heavy atom. The molecule has 1 aliphatic rings. The van der Waals surface area contributed by atoms with Crippen molar-refractivity contribution in [2.24, 2.45) is 0 Å². The number of hydrogen-bond acceptors (Lipinski definition) is 3. The van der Waals surface area contributed by atoms with Gasteiger partial charge in [0.15, 0.2) is 0 Å². The van der Waals surface area contributed by atoms with Crippen LogP contribution in [0.15, 0.2) is 29.2 Å². The van der Waals surface area contributed by atoms with Crippen LogP contribution in [0.25, 0.3) is 0 Å². The van der Waals surface area contributed by atoms with Crippen molar-refractivity contribution in [3.63, 3.8) is 0 Å². The van der Waals surface area contributed by atoms with E-state index in [9.17, 15) is 13.2 Å². The van der Waals surface area contributed by atoms with Crippen molar-refractivity contribution in [2.75, 3.05) is 7.05 Å². The SMILES string of the molecule is CN(C(=O)c1ccc(S(=O)(=O)NC(C)(C)C)cc1)C1CCCCCC1. The van der Waals surface area contributed by atoms with Crippen LogP contribution in [0.2, 0.25) is 0 Å². The van der Waals surface area contributed by atoms with E-state index in [1.807, 2.05) is 11.9 Å². The van der Waals surface area contributed by atoms with Gasteiger partial charge >= 0.3 is 0 Å². The molecule has 1 aromatic rings. The molecule has 0 heterocycles. The van der Waals surface area contributed by atoms with Crippen molar-refractivity contribution < 1.29 is 13.2 Å². The predicted octanol–water partition coefficient (Wildman–Crippen LogP) is 3.56. The van der Waals surface area contributed by atoms with Crippen molar-refractivity contribution in [1.29, 1.82) is 0 Å². The minimum Gasteiger partial charge on any atom is -0.339 e. The van der Waals surface area contributed by atoms with Crippen LogP contribution in [-0.2, 0) is 10.0 Å². The summed E-state index contributed by atoms with van der Waals surface area (Å²) in [7, 11) is -1.73. The summed E-state index contributed by atoms with van der Waals surface area (Å²) in [4.78, 5) is 14.7. The Morgan fingerprint density at radius 1 is 1.04 bits per heavy atom. The molecule has 0 atom stereocenters. The summed E-state index contributed by atoms with van der Waals surface area (Å²) in [6.07, 6.45) is 6.90. The molecule has 5 nitrogen and oxygen atoms in total. The van der Waals surface area contributed by atoms with E-state index in [4.69, 9.17) is 0 Å². The molecule has 1 amide bonds. The van der Waals surface area contributed by atoms with Crippen LogP contribution in [0.3, 0.4) is 0 Å². The molecule has 0 bridgehead atoms. The Bertz CT molecular complexity index is 682. The molecule has 140 valence electrons. The zero-order valence-electron chi connectivity index (χ0n) is 15.7. The average Bonchev–Trinajstić information content (AvgIpc) is 2.80. The van der Waals surface area contributed by atoms with Crippen molar-refractivity contribution in [3.05, 3.63) is 29.8 Å². The molecule has 1 saturated carbocycles. The molecule has 0 spiro atoms. The first-order valence-electron chi connectivity index (χ1n) is 9.01. The van der Waals surface area contributed by atoms with Crippen LogP contribution < -0.4 is 4.72 Å². The van der Waals surface area contributed by atoms with Gasteiger partial charge in [-0.3, -0.25) is 4.79 Å². The zero-order chi connectivity index (χ0) is 18.7. The molecule has 1 N–H and O–H groups in total. The maximum absolute atomic E-state index is 12.7. The van der Waals surface area contributed by atoms with E-state index in [2.05, 4.69) is 4.72 Å². The van der Waals surface area contributed by atoms with Crippen LogP contribution in [0.1, 0.15) is 69.7 Å². The molecule has 0 aromatic heterocycles. The summed E-state index contributed by atoms with van der Waals surface area (Å²) in [6.45, 7) is 5.39. The molecule has 1 aliphatic carbocycles. The molecule has 0 unspecified atom stereocenters. The third-order valence-electron chi connectivity index (χ3n) is 4.54. The average molecular weight is 367 g/mol. The summed E-state index contributed by atoms with van der Waals surface area (Å²) in [5.74, 6) is -0.0420. The lowest BCUT2D eigenvalue weighted by molar-refractivity contribution is 0.0717. The highest BCUT2D eigenvalue weighted by molar-refractivity contribution is 7.89. The standard InChI is InChI=1S/C19H30N2O3S/c1-19(2,3)20-25(23,24)17-13-11-15(12-14-17)18(22)21(4)16-9-7-5-6-8-10-16/h11-14,16,20H,5-10H2,1-4H3. The fourth-order valence-corrected chi connectivity index (χ4v) is 4.67. The molecular formula is C19H30N2O3S. The molecule has 25 heavy (non-hydrogen) atoms. The first-order chi connectivity index (χ1) is 11.6. The monoisotopic (exact) mass is 366 g/mol. The van der Waals surface area contributed by atoms with Crippen molar-refractivity contribution in [3.8, 4) is 0 Å². The minimum absolute atomic E-state index is 0.0420. The Labute approximate surface area is 151 Å². The van der Waals surface area contributed by atoms with Crippen LogP contribution in [0.5, 0.6) is 0 Å². The number of hydrogen-bond donors (Lipinski definition) is 1. The van der Waals surface area contributed by atoms with Gasteiger partial charge in [-0.15, -0.1) is 0 Å². The maximum Gasteiger partial charge on any atom is 0.253 e. The minimum atomic E-state index is -3.58. The second kappa shape index (κ2) is 7.87. The van der Waals surface area contributed by atoms with Gasteiger partial charge in [0, 0.05) is 24.2 Å². The number of rotatable bonds is 4. The lowest BCUT2D eigenvalue weighted by atomic mass is 10.1. The summed E-state index contributed by atoms with van der Waals surface area (Å²) in [5.41, 5.74) is -0.0195. The van der Waals surface area contributed by atoms with Gasteiger partial charge in [-0.25, -0.2) is 13.1 Å². The molecule has 0 aliphatic heterocycles. The Hall–Kier alpha value is -1.40. The number of amides is 1. The summed E-state index contributed by atoms with van der Waals surface area (Å²) in [6, 6.07) is 6.49. The second-order valence-electron chi connectivity index (χ2n) is 7.94. The maximum atomic E-state index is 12.7. The van der Waals surface area contributed by atoms with Crippen molar-refractivity contribution in [1.82, 2.24) is 9.62 Å². The number of carbonyl (C=O) groups is 1. The van der Waals surface area contributed by atoms with E-state index < -0.39 is 15.6 Å². The van der Waals surface area contributed by atoms with Crippen LogP contribution in [-0.4, -0.2) is 37.9 Å². The highest BCUT2D eigenvalue weighted by Crippen LogP contribution is 2.23. The number of sulfonamides is 1. The van der Waals surface area contributed by atoms with Gasteiger partial charge in [0.2, 0.25) is 10.0 Å². The molecule has 1 fully saturated rings. The van der Waals surface area contributed by atoms with Crippen molar-refractivity contribution >= 4 is 15.9 Å². The quantitative estimate of drug-likeness (QED) is 0.829. The summed E-state index contributed by atoms with van der Waals surface area (Å²) >= 11 is 0. The fraction of sp³-hybridized carbons (Fsp3) is 0.632. The first kappa shape index (κ1) is 19.9. The van der Waals surface area contributed by atoms with E-state index in [0.717, 1.165) is 25.7 Å². The van der Waals surface area contributed by atoms with Gasteiger partial charge in [-0.1, -0.05) is 25.7 Å². The van der Waals surface area contributed by atoms with E-state index in [1.54, 1.807) is 32.9 Å². The Morgan fingerprint density at radius 3 is 2.04 bits per heavy atom. The van der Waals surface area contributed by atoms with Gasteiger partial charge in [0.25, 0.3) is 5.91 Å². The molecule has 6 heteroatoms. The highest BCUT2D eigenvalue weighted by atomic mass is 32.2. The van der Waals surface area contributed by atoms with E-state index in [0.29, 0.717) is 5.56 Å². The van der Waals surface area contributed by atoms with E-state index >= 15 is 0 Å². The van der Waals surface area contributed by atoms with E-state index in [-0.39, 0.29) is 16.8 Å². The Balaban J connectivity index is 2.12. The smallest absolute Gasteiger partial charge is 0.253 e. The van der Waals surface area contributed by atoms with Gasteiger partial charge in [-0.2, -0.15) is 0 Å². The van der Waals surface area contributed by atoms with E-state index in [1.165, 1.54) is 25.0 Å². The van der Waals surface area contributed by atoms with Crippen LogP contribution >= 0.6 is 0 Å². The lowest BCUT2D eigenvalue weighted by Crippen LogP contribution is -2.40. The van der Waals surface area contributed by atoms with Crippen LogP contribution in [0, 0.1) is 0 Å². The summed E-state index contributed by atoms with van der Waals surface area (Å²) < 4.78 is 27.3. The number of nitrogens with one attached hydrogen (secondary N) is 1. The second-order valence-corrected chi connectivity index (χ2v) is 9.62. The van der Waals surface area contributed by atoms with Gasteiger partial charge in [0.1, 0.15) is 0 Å². The Kier molecular flexibility index (Phi) is 6.27. The van der Waals surface area contributed by atoms with Crippen molar-refractivity contribution in [2.45, 2.75) is 75.8 Å². The molecule has 0 radical (unpaired) electrons. The number of carbonyl (C=O) groups excluding carboxylic acids is 1. The molecule has 0 saturated heterocycles. The van der Waals surface area contributed by atoms with Gasteiger partial charge in [0.05, 0.1) is 4.90 Å². The lowest BCUT2D eigenvalue weighted by Gasteiger charge is -2.27. The predicted molar refractivity (Wildman–Crippen MR) is 100 cm³/mol. The molecule has 2 rings (SSSR count). The number of nitrogens with zero attached hydrogens (tertiary/aromatic N) is 1. The third kappa shape index (κ3) is 5.54. The van der Waals surface area contributed by atoms with Gasteiger partial charge < -0.3 is 4.90 Å². The first-order valence-corrected chi connectivity index (χ1v) is 10.5. The third-order valence-corrected chi connectivity index (χ3v) is 6.32. The zero-order valence-corrected chi connectivity index (χ0v) is 16.5. The highest BCUT2D eigenvalue weighted by Gasteiger charge is 2.24. The number of benzene rings is 1. The molecular weight excluding hydrogens is 336 g/mol. The van der Waals surface area contributed by atoms with Gasteiger partial charge in [-0.05, 0) is 57.9 Å². The van der Waals surface area contributed by atoms with Crippen LogP contribution in [0.4, 0.5) is 0 Å². The largest absolute Gasteiger partial charge is 0.339 e. The summed E-state index contributed by atoms with van der Waals surface area (Å²) in [5, 5.41) is 0. The molecule has 1 aromatic carbocycles. The topological polar surface area (TPSA) is 66.5 Å². The fourth-order valence-electron chi connectivity index (χ4n) is 3.25. The normalized spacial score (nSPS) is 17.1.